The van der Waals surface area contributed by atoms with E-state index in [2.05, 4.69) is 26.6 Å². The summed E-state index contributed by atoms with van der Waals surface area (Å²) in [6.45, 7) is 3.08. The van der Waals surface area contributed by atoms with Crippen molar-refractivity contribution >= 4 is 21.8 Å². The Hall–Kier alpha value is -1.85. The highest BCUT2D eigenvalue weighted by Gasteiger charge is 2.07. The molecule has 0 heterocycles. The van der Waals surface area contributed by atoms with Crippen molar-refractivity contribution in [3.05, 3.63) is 64.1 Å². The lowest BCUT2D eigenvalue weighted by Crippen LogP contribution is -2.37. The number of rotatable bonds is 7. The van der Waals surface area contributed by atoms with Gasteiger partial charge in [-0.3, -0.25) is 4.79 Å². The fourth-order valence-electron chi connectivity index (χ4n) is 1.93. The van der Waals surface area contributed by atoms with Crippen LogP contribution in [0.2, 0.25) is 0 Å². The average Bonchev–Trinajstić information content (AvgIpc) is 2.59. The molecule has 0 bridgehead atoms. The molecule has 1 amide bonds. The van der Waals surface area contributed by atoms with Gasteiger partial charge in [0, 0.05) is 18.2 Å². The summed E-state index contributed by atoms with van der Waals surface area (Å²) in [5.41, 5.74) is 1.67. The third-order valence-corrected chi connectivity index (χ3v) is 4.16. The summed E-state index contributed by atoms with van der Waals surface area (Å²) in [5.74, 6) is 0.737. The van der Waals surface area contributed by atoms with Gasteiger partial charge in [-0.15, -0.1) is 0 Å². The maximum Gasteiger partial charge on any atom is 0.251 e. The molecule has 1 unspecified atom stereocenters. The van der Waals surface area contributed by atoms with Crippen LogP contribution < -0.4 is 15.4 Å². The quantitative estimate of drug-likeness (QED) is 0.778. The lowest BCUT2D eigenvalue weighted by Gasteiger charge is -2.12. The van der Waals surface area contributed by atoms with E-state index in [-0.39, 0.29) is 11.9 Å². The van der Waals surface area contributed by atoms with Crippen LogP contribution in [-0.4, -0.2) is 25.5 Å². The second-order valence-corrected chi connectivity index (χ2v) is 6.17. The smallest absolute Gasteiger partial charge is 0.251 e. The van der Waals surface area contributed by atoms with Crippen molar-refractivity contribution in [1.82, 2.24) is 10.6 Å². The number of halogens is 1. The first-order chi connectivity index (χ1) is 11.1. The first-order valence-electron chi connectivity index (χ1n) is 7.52. The summed E-state index contributed by atoms with van der Waals surface area (Å²) in [7, 11) is 1.87. The minimum Gasteiger partial charge on any atom is -0.488 e. The lowest BCUT2D eigenvalue weighted by molar-refractivity contribution is 0.0950. The van der Waals surface area contributed by atoms with E-state index in [1.54, 1.807) is 0 Å². The Morgan fingerprint density at radius 1 is 1.17 bits per heavy atom. The van der Waals surface area contributed by atoms with Crippen molar-refractivity contribution in [2.75, 3.05) is 13.6 Å². The highest BCUT2D eigenvalue weighted by atomic mass is 79.9. The number of ether oxygens (including phenoxy) is 1. The summed E-state index contributed by atoms with van der Waals surface area (Å²) in [6.07, 6.45) is 0. The first kappa shape index (κ1) is 17.5. The highest BCUT2D eigenvalue weighted by Crippen LogP contribution is 2.24. The molecule has 0 radical (unpaired) electrons. The predicted octanol–water partition coefficient (Wildman–Crippen LogP) is 3.37. The number of carbonyl (C=O) groups excluding carboxylic acids is 1. The molecule has 0 aliphatic heterocycles. The van der Waals surface area contributed by atoms with E-state index in [1.165, 1.54) is 0 Å². The Labute approximate surface area is 145 Å². The van der Waals surface area contributed by atoms with Crippen molar-refractivity contribution < 1.29 is 9.53 Å². The zero-order valence-electron chi connectivity index (χ0n) is 13.3. The Morgan fingerprint density at radius 3 is 2.52 bits per heavy atom. The van der Waals surface area contributed by atoms with Gasteiger partial charge in [-0.2, -0.15) is 0 Å². The summed E-state index contributed by atoms with van der Waals surface area (Å²) < 4.78 is 6.69. The van der Waals surface area contributed by atoms with Gasteiger partial charge < -0.3 is 15.4 Å². The van der Waals surface area contributed by atoms with Gasteiger partial charge in [-0.1, -0.05) is 24.3 Å². The average molecular weight is 377 g/mol. The topological polar surface area (TPSA) is 50.4 Å². The molecule has 2 aromatic carbocycles. The molecular weight excluding hydrogens is 356 g/mol. The van der Waals surface area contributed by atoms with Crippen LogP contribution in [0.15, 0.2) is 53.0 Å². The molecule has 23 heavy (non-hydrogen) atoms. The highest BCUT2D eigenvalue weighted by molar-refractivity contribution is 9.10. The van der Waals surface area contributed by atoms with Crippen LogP contribution >= 0.6 is 15.9 Å². The van der Waals surface area contributed by atoms with E-state index in [4.69, 9.17) is 4.74 Å². The van der Waals surface area contributed by atoms with E-state index in [0.29, 0.717) is 18.7 Å². The second kappa shape index (κ2) is 8.70. The Bertz CT molecular complexity index is 644. The third-order valence-electron chi connectivity index (χ3n) is 3.51. The SMILES string of the molecule is CNC(C)CNC(=O)c1ccc(COc2ccccc2Br)cc1. The summed E-state index contributed by atoms with van der Waals surface area (Å²) >= 11 is 3.45. The van der Waals surface area contributed by atoms with E-state index >= 15 is 0 Å². The molecule has 0 fully saturated rings. The largest absolute Gasteiger partial charge is 0.488 e. The monoisotopic (exact) mass is 376 g/mol. The van der Waals surface area contributed by atoms with Crippen molar-refractivity contribution in [2.24, 2.45) is 0 Å². The number of amides is 1. The fourth-order valence-corrected chi connectivity index (χ4v) is 2.32. The van der Waals surface area contributed by atoms with Gasteiger partial charge in [0.2, 0.25) is 0 Å². The summed E-state index contributed by atoms with van der Waals surface area (Å²) in [4.78, 5) is 12.0. The molecule has 0 aromatic heterocycles. The van der Waals surface area contributed by atoms with Crippen LogP contribution in [0.1, 0.15) is 22.8 Å². The molecule has 5 heteroatoms. The number of hydrogen-bond donors (Lipinski definition) is 2. The molecule has 0 saturated heterocycles. The number of hydrogen-bond acceptors (Lipinski definition) is 3. The number of likely N-dealkylation sites (N-methyl/N-ethyl adjacent to an activating group) is 1. The second-order valence-electron chi connectivity index (χ2n) is 5.32. The third kappa shape index (κ3) is 5.37. The molecule has 4 nitrogen and oxygen atoms in total. The van der Waals surface area contributed by atoms with Crippen LogP contribution in [0.3, 0.4) is 0 Å². The minimum atomic E-state index is -0.0645. The van der Waals surface area contributed by atoms with Crippen molar-refractivity contribution in [1.29, 1.82) is 0 Å². The molecule has 0 spiro atoms. The summed E-state index contributed by atoms with van der Waals surface area (Å²) in [5, 5.41) is 5.98. The maximum atomic E-state index is 12.0. The molecule has 0 aliphatic carbocycles. The molecule has 2 rings (SSSR count). The molecule has 2 N–H and O–H groups in total. The normalized spacial score (nSPS) is 11.8. The van der Waals surface area contributed by atoms with Gasteiger partial charge in [-0.05, 0) is 59.7 Å². The Morgan fingerprint density at radius 2 is 1.87 bits per heavy atom. The van der Waals surface area contributed by atoms with Crippen LogP contribution in [0, 0.1) is 0 Å². The molecule has 2 aromatic rings. The van der Waals surface area contributed by atoms with E-state index < -0.39 is 0 Å². The molecule has 122 valence electrons. The van der Waals surface area contributed by atoms with E-state index in [0.717, 1.165) is 15.8 Å². The summed E-state index contributed by atoms with van der Waals surface area (Å²) in [6, 6.07) is 15.4. The lowest BCUT2D eigenvalue weighted by atomic mass is 10.1. The fraction of sp³-hybridized carbons (Fsp3) is 0.278. The van der Waals surface area contributed by atoms with Gasteiger partial charge in [-0.25, -0.2) is 0 Å². The molecular formula is C18H21BrN2O2. The predicted molar refractivity (Wildman–Crippen MR) is 95.8 cm³/mol. The Balaban J connectivity index is 1.89. The van der Waals surface area contributed by atoms with E-state index in [1.807, 2.05) is 62.5 Å². The zero-order chi connectivity index (χ0) is 16.7. The first-order valence-corrected chi connectivity index (χ1v) is 8.31. The maximum absolute atomic E-state index is 12.0. The van der Waals surface area contributed by atoms with Gasteiger partial charge >= 0.3 is 0 Å². The number of nitrogens with one attached hydrogen (secondary N) is 2. The van der Waals surface area contributed by atoms with Crippen molar-refractivity contribution in [3.63, 3.8) is 0 Å². The van der Waals surface area contributed by atoms with Gasteiger partial charge in [0.05, 0.1) is 4.47 Å². The van der Waals surface area contributed by atoms with Gasteiger partial charge in [0.25, 0.3) is 5.91 Å². The van der Waals surface area contributed by atoms with Gasteiger partial charge in [0.15, 0.2) is 0 Å². The Kier molecular flexibility index (Phi) is 6.62. The minimum absolute atomic E-state index is 0.0645. The van der Waals surface area contributed by atoms with Crippen LogP contribution in [-0.2, 0) is 6.61 Å². The van der Waals surface area contributed by atoms with Crippen molar-refractivity contribution in [2.45, 2.75) is 19.6 Å². The van der Waals surface area contributed by atoms with Crippen LogP contribution in [0.4, 0.5) is 0 Å². The molecule has 0 aliphatic rings. The van der Waals surface area contributed by atoms with Crippen molar-refractivity contribution in [3.8, 4) is 5.75 Å². The van der Waals surface area contributed by atoms with Gasteiger partial charge in [0.1, 0.15) is 12.4 Å². The standard InChI is InChI=1S/C18H21BrN2O2/c1-13(20-2)11-21-18(22)15-9-7-14(8-10-15)12-23-17-6-4-3-5-16(17)19/h3-10,13,20H,11-12H2,1-2H3,(H,21,22). The number of benzene rings is 2. The zero-order valence-corrected chi connectivity index (χ0v) is 14.9. The van der Waals surface area contributed by atoms with Crippen LogP contribution in [0.25, 0.3) is 0 Å². The number of carbonyl (C=O) groups is 1. The molecule has 0 saturated carbocycles. The number of para-hydroxylation sites is 1. The molecule has 1 atom stereocenters. The van der Waals surface area contributed by atoms with Crippen LogP contribution in [0.5, 0.6) is 5.75 Å². The van der Waals surface area contributed by atoms with E-state index in [9.17, 15) is 4.79 Å².